The van der Waals surface area contributed by atoms with Crippen molar-refractivity contribution in [1.82, 2.24) is 15.5 Å². The first-order valence-corrected chi connectivity index (χ1v) is 13.8. The summed E-state index contributed by atoms with van der Waals surface area (Å²) in [7, 11) is 0. The van der Waals surface area contributed by atoms with Gasteiger partial charge in [-0.3, -0.25) is 19.7 Å². The van der Waals surface area contributed by atoms with Crippen molar-refractivity contribution in [2.45, 2.75) is 103 Å². The summed E-state index contributed by atoms with van der Waals surface area (Å²) in [6.07, 6.45) is 13.2. The molecule has 1 aromatic rings. The van der Waals surface area contributed by atoms with E-state index in [0.717, 1.165) is 50.0 Å². The van der Waals surface area contributed by atoms with E-state index in [4.69, 9.17) is 0 Å². The number of hydrogen-bond donors (Lipinski definition) is 3. The van der Waals surface area contributed by atoms with Crippen molar-refractivity contribution in [2.75, 3.05) is 18.4 Å². The second-order valence-electron chi connectivity index (χ2n) is 10.2. The number of carbonyl (C=O) groups is 3. The zero-order valence-electron chi connectivity index (χ0n) is 22.2. The van der Waals surface area contributed by atoms with Crippen LogP contribution in [0.5, 0.6) is 0 Å². The Kier molecular flexibility index (Phi) is 10.5. The van der Waals surface area contributed by atoms with E-state index in [1.165, 1.54) is 32.1 Å². The van der Waals surface area contributed by atoms with E-state index in [1.807, 2.05) is 24.3 Å². The van der Waals surface area contributed by atoms with E-state index in [-0.39, 0.29) is 29.7 Å². The van der Waals surface area contributed by atoms with Gasteiger partial charge in [-0.05, 0) is 57.2 Å². The van der Waals surface area contributed by atoms with Crippen molar-refractivity contribution in [3.63, 3.8) is 0 Å². The van der Waals surface area contributed by atoms with Crippen LogP contribution in [-0.4, -0.2) is 47.3 Å². The van der Waals surface area contributed by atoms with Gasteiger partial charge in [0.05, 0.1) is 0 Å². The van der Waals surface area contributed by atoms with Crippen molar-refractivity contribution >= 4 is 23.4 Å². The number of nitrogens with one attached hydrogen (secondary N) is 3. The van der Waals surface area contributed by atoms with Gasteiger partial charge in [0.1, 0.15) is 6.04 Å². The minimum Gasteiger partial charge on any atom is -0.385 e. The second kappa shape index (κ2) is 13.6. The van der Waals surface area contributed by atoms with E-state index in [0.29, 0.717) is 18.5 Å². The van der Waals surface area contributed by atoms with Crippen molar-refractivity contribution in [1.29, 1.82) is 0 Å². The van der Waals surface area contributed by atoms with Gasteiger partial charge in [-0.15, -0.1) is 6.58 Å². The number of hydrogen-bond acceptors (Lipinski definition) is 5. The topological polar surface area (TPSA) is 90.5 Å². The number of nitrogens with zero attached hydrogens (tertiary/aromatic N) is 1. The molecule has 2 aliphatic heterocycles. The summed E-state index contributed by atoms with van der Waals surface area (Å²) >= 11 is 0. The molecule has 0 bridgehead atoms. The Morgan fingerprint density at radius 2 is 1.75 bits per heavy atom. The maximum absolute atomic E-state index is 12.9. The van der Waals surface area contributed by atoms with E-state index in [1.54, 1.807) is 4.90 Å². The molecule has 0 saturated carbocycles. The number of rotatable bonds is 16. The van der Waals surface area contributed by atoms with Crippen LogP contribution in [0.2, 0.25) is 0 Å². The largest absolute Gasteiger partial charge is 0.385 e. The SMILES string of the molecule is C=CCC(CC)(CC)NCCCCCCCCNc1cccc2c1CN(C1CCC(=O)NC1=O)C2=O. The molecule has 1 aromatic carbocycles. The molecule has 0 radical (unpaired) electrons. The first-order chi connectivity index (χ1) is 17.4. The van der Waals surface area contributed by atoms with Gasteiger partial charge < -0.3 is 15.5 Å². The maximum Gasteiger partial charge on any atom is 0.255 e. The lowest BCUT2D eigenvalue weighted by Crippen LogP contribution is -2.52. The number of unbranched alkanes of at least 4 members (excludes halogenated alkanes) is 5. The Morgan fingerprint density at radius 1 is 1.06 bits per heavy atom. The van der Waals surface area contributed by atoms with Crippen molar-refractivity contribution < 1.29 is 14.4 Å². The van der Waals surface area contributed by atoms with Crippen LogP contribution in [0.25, 0.3) is 0 Å². The highest BCUT2D eigenvalue weighted by atomic mass is 16.2. The van der Waals surface area contributed by atoms with Crippen LogP contribution in [-0.2, 0) is 16.1 Å². The maximum atomic E-state index is 12.9. The fraction of sp³-hybridized carbons (Fsp3) is 0.621. The van der Waals surface area contributed by atoms with Crippen molar-refractivity contribution in [3.8, 4) is 0 Å². The molecule has 3 N–H and O–H groups in total. The molecule has 0 spiro atoms. The Balaban J connectivity index is 1.34. The minimum absolute atomic E-state index is 0.128. The number of fused-ring (bicyclic) bond motifs is 1. The third kappa shape index (κ3) is 6.96. The zero-order chi connectivity index (χ0) is 26.0. The molecule has 1 saturated heterocycles. The Labute approximate surface area is 216 Å². The van der Waals surface area contributed by atoms with E-state index in [9.17, 15) is 14.4 Å². The predicted molar refractivity (Wildman–Crippen MR) is 145 cm³/mol. The standard InChI is InChI=1S/C29H44N4O3/c1-4-18-29(5-2,6-3)31-20-12-10-8-7-9-11-19-30-24-15-13-14-22-23(24)21-33(28(22)36)25-16-17-26(34)32-27(25)35/h4,13-15,25,30-31H,1,5-12,16-21H2,2-3H3,(H,32,34,35). The number of anilines is 1. The summed E-state index contributed by atoms with van der Waals surface area (Å²) in [5, 5.41) is 9.64. The molecule has 0 aromatic heterocycles. The molecule has 2 aliphatic rings. The average molecular weight is 497 g/mol. The quantitative estimate of drug-likeness (QED) is 0.172. The molecule has 2 heterocycles. The summed E-state index contributed by atoms with van der Waals surface area (Å²) in [6, 6.07) is 5.15. The molecule has 198 valence electrons. The molecule has 3 rings (SSSR count). The van der Waals surface area contributed by atoms with Crippen LogP contribution < -0.4 is 16.0 Å². The molecule has 1 fully saturated rings. The van der Waals surface area contributed by atoms with Crippen LogP contribution >= 0.6 is 0 Å². The molecule has 3 amide bonds. The zero-order valence-corrected chi connectivity index (χ0v) is 22.2. The lowest BCUT2D eigenvalue weighted by atomic mass is 9.89. The lowest BCUT2D eigenvalue weighted by Gasteiger charge is -2.32. The van der Waals surface area contributed by atoms with E-state index < -0.39 is 6.04 Å². The summed E-state index contributed by atoms with van der Waals surface area (Å²) in [6.45, 7) is 10.8. The average Bonchev–Trinajstić information content (AvgIpc) is 3.21. The van der Waals surface area contributed by atoms with Crippen molar-refractivity contribution in [3.05, 3.63) is 42.0 Å². The van der Waals surface area contributed by atoms with Gasteiger partial charge in [0.15, 0.2) is 0 Å². The van der Waals surface area contributed by atoms with Gasteiger partial charge in [0, 0.05) is 41.9 Å². The fourth-order valence-electron chi connectivity index (χ4n) is 5.42. The van der Waals surface area contributed by atoms with Gasteiger partial charge in [-0.1, -0.05) is 51.7 Å². The van der Waals surface area contributed by atoms with Crippen LogP contribution in [0.1, 0.15) is 100 Å². The smallest absolute Gasteiger partial charge is 0.255 e. The van der Waals surface area contributed by atoms with Gasteiger partial charge in [-0.25, -0.2) is 0 Å². The van der Waals surface area contributed by atoms with E-state index >= 15 is 0 Å². The molecule has 0 aliphatic carbocycles. The Hall–Kier alpha value is -2.67. The third-order valence-electron chi connectivity index (χ3n) is 7.89. The first kappa shape index (κ1) is 27.9. The fourth-order valence-corrected chi connectivity index (χ4v) is 5.42. The van der Waals surface area contributed by atoms with Crippen LogP contribution in [0, 0.1) is 0 Å². The highest BCUT2D eigenvalue weighted by Crippen LogP contribution is 2.32. The van der Waals surface area contributed by atoms with Crippen LogP contribution in [0.4, 0.5) is 5.69 Å². The number of piperidine rings is 1. The first-order valence-electron chi connectivity index (χ1n) is 13.8. The predicted octanol–water partition coefficient (Wildman–Crippen LogP) is 4.92. The third-order valence-corrected chi connectivity index (χ3v) is 7.89. The summed E-state index contributed by atoms with van der Waals surface area (Å²) in [5.41, 5.74) is 2.79. The summed E-state index contributed by atoms with van der Waals surface area (Å²) < 4.78 is 0. The highest BCUT2D eigenvalue weighted by molar-refractivity contribution is 6.06. The number of carbonyl (C=O) groups excluding carboxylic acids is 3. The number of amides is 3. The molecular formula is C29H44N4O3. The Morgan fingerprint density at radius 3 is 2.42 bits per heavy atom. The van der Waals surface area contributed by atoms with E-state index in [2.05, 4.69) is 36.4 Å². The minimum atomic E-state index is -0.576. The molecule has 1 atom stereocenters. The normalized spacial score (nSPS) is 17.8. The summed E-state index contributed by atoms with van der Waals surface area (Å²) in [4.78, 5) is 38.3. The van der Waals surface area contributed by atoms with Gasteiger partial charge in [0.2, 0.25) is 11.8 Å². The molecular weight excluding hydrogens is 452 g/mol. The monoisotopic (exact) mass is 496 g/mol. The van der Waals surface area contributed by atoms with Gasteiger partial charge >= 0.3 is 0 Å². The van der Waals surface area contributed by atoms with Gasteiger partial charge in [0.25, 0.3) is 5.91 Å². The molecule has 1 unspecified atom stereocenters. The van der Waals surface area contributed by atoms with Gasteiger partial charge in [-0.2, -0.15) is 0 Å². The van der Waals surface area contributed by atoms with Crippen LogP contribution in [0.15, 0.2) is 30.9 Å². The highest BCUT2D eigenvalue weighted by Gasteiger charge is 2.39. The molecule has 7 nitrogen and oxygen atoms in total. The van der Waals surface area contributed by atoms with Crippen LogP contribution in [0.3, 0.4) is 0 Å². The number of benzene rings is 1. The number of imide groups is 1. The van der Waals surface area contributed by atoms with Crippen molar-refractivity contribution in [2.24, 2.45) is 0 Å². The second-order valence-corrected chi connectivity index (χ2v) is 10.2. The molecule has 36 heavy (non-hydrogen) atoms. The lowest BCUT2D eigenvalue weighted by molar-refractivity contribution is -0.136. The molecule has 7 heteroatoms. The Bertz CT molecular complexity index is 925. The summed E-state index contributed by atoms with van der Waals surface area (Å²) in [5.74, 6) is -0.764.